The maximum absolute atomic E-state index is 18.0. The summed E-state index contributed by atoms with van der Waals surface area (Å²) in [5, 5.41) is 25.7. The number of ether oxygens (including phenoxy) is 8. The van der Waals surface area contributed by atoms with Gasteiger partial charge in [0.05, 0.1) is 83.3 Å². The Morgan fingerprint density at radius 1 is 0.769 bits per heavy atom. The van der Waals surface area contributed by atoms with Crippen LogP contribution in [-0.4, -0.2) is 167 Å². The molecule has 580 valence electrons. The van der Waals surface area contributed by atoms with Crippen LogP contribution in [-0.2, 0) is 75.1 Å². The molecule has 2 unspecified atom stereocenters. The van der Waals surface area contributed by atoms with Crippen molar-refractivity contribution < 1.29 is 90.1 Å². The van der Waals surface area contributed by atoms with Gasteiger partial charge < -0.3 is 74.9 Å². The molecule has 3 saturated carbocycles. The minimum Gasteiger partial charge on any atom is -0.486 e. The first-order valence-corrected chi connectivity index (χ1v) is 37.3. The second-order valence-electron chi connectivity index (χ2n) is 29.1. The number of hydrogen-bond acceptors (Lipinski definition) is 17. The van der Waals surface area contributed by atoms with Crippen molar-refractivity contribution in [2.24, 2.45) is 40.2 Å². The number of Topliss-reactive ketones (excluding diaryl/α,β-unsaturated/α-hetero) is 2. The molecule has 4 aromatic carbocycles. The Hall–Kier alpha value is -9.20. The molecule has 26 heteroatoms. The molecule has 2 heterocycles. The smallest absolute Gasteiger partial charge is 0.411 e. The van der Waals surface area contributed by atoms with Crippen LogP contribution in [0.1, 0.15) is 128 Å². The number of alkyl halides is 2. The standard InChI is InChI=1S/C82H101F2N7O17/c1-7-13-74-107-70-47-62-63-46-65(83)64-44-53(4)31-33-79(64,5)81(63,84)68(93)48-80(62,6)82(70,108-74)69(94)51-105-61-27-25-60(26-28-61)89-78(100)106-50-54-19-23-59(24-20-54)88-76(98)57(17-12-34-87-77(85)99)45-67(92)75(52(2)3)90-72(96)32-36-101-38-40-103-42-43-104-41-39-102-37-35-86-71(95)29-30-73(97)91-49-58-16-9-8-14-55(58)21-22-56-15-10-11-18-66(56)91/h8-11,14-16,18-20,23-28,31,33,44,52,57,62-63,65,68,70,74-75,93H,4,7,12-13,17,29-30,32,34-43,45-51H2,1-3,5-6H3,(H,86,95)(H,88,98)(H,89,100)(H,90,96)(H3,85,87,99)/t57-,62+,63+,65+,68+,70-,74?,75+,79+,80+,81+,82?/m1/s1. The summed E-state index contributed by atoms with van der Waals surface area (Å²) in [4.78, 5) is 108. The maximum Gasteiger partial charge on any atom is 0.411 e. The fourth-order valence-electron chi connectivity index (χ4n) is 16.0. The quantitative estimate of drug-likeness (QED) is 0.0162. The van der Waals surface area contributed by atoms with E-state index in [2.05, 4.69) is 45.0 Å². The molecule has 4 aliphatic carbocycles. The van der Waals surface area contributed by atoms with E-state index in [-0.39, 0.29) is 127 Å². The molecule has 4 fully saturated rings. The number of urea groups is 1. The zero-order valence-corrected chi connectivity index (χ0v) is 62.1. The van der Waals surface area contributed by atoms with Crippen molar-refractivity contribution in [1.82, 2.24) is 16.0 Å². The maximum atomic E-state index is 18.0. The van der Waals surface area contributed by atoms with Crippen LogP contribution in [0.4, 0.5) is 35.4 Å². The number of ketones is 2. The highest BCUT2D eigenvalue weighted by molar-refractivity contribution is 5.98. The lowest BCUT2D eigenvalue weighted by Gasteiger charge is -2.63. The van der Waals surface area contributed by atoms with Gasteiger partial charge in [0, 0.05) is 83.9 Å². The molecule has 4 aromatic rings. The van der Waals surface area contributed by atoms with Gasteiger partial charge in [-0.15, -0.1) is 0 Å². The number of nitrogens with zero attached hydrogens (tertiary/aromatic N) is 1. The van der Waals surface area contributed by atoms with Gasteiger partial charge in [-0.1, -0.05) is 113 Å². The Morgan fingerprint density at radius 3 is 2.13 bits per heavy atom. The van der Waals surface area contributed by atoms with Crippen LogP contribution in [0.25, 0.3) is 0 Å². The topological polar surface area (TPSA) is 320 Å². The second kappa shape index (κ2) is 37.3. The van der Waals surface area contributed by atoms with Crippen LogP contribution in [0.15, 0.2) is 133 Å². The Kier molecular flexibility index (Phi) is 28.1. The zero-order chi connectivity index (χ0) is 77.2. The van der Waals surface area contributed by atoms with Crippen LogP contribution < -0.4 is 42.0 Å². The molecule has 108 heavy (non-hydrogen) atoms. The first kappa shape index (κ1) is 81.3. The van der Waals surface area contributed by atoms with E-state index in [1.165, 1.54) is 0 Å². The molecule has 7 amide bonds. The number of anilines is 3. The van der Waals surface area contributed by atoms with E-state index < -0.39 is 107 Å². The van der Waals surface area contributed by atoms with Crippen molar-refractivity contribution in [2.45, 2.75) is 160 Å². The van der Waals surface area contributed by atoms with Crippen LogP contribution in [0.5, 0.6) is 5.75 Å². The number of rotatable bonds is 38. The number of amides is 7. The summed E-state index contributed by atoms with van der Waals surface area (Å²) in [5.41, 5.74) is 4.23. The van der Waals surface area contributed by atoms with E-state index in [1.54, 1.807) is 92.4 Å². The monoisotopic (exact) mass is 1490 g/mol. The third-order valence-corrected chi connectivity index (χ3v) is 21.6. The highest BCUT2D eigenvalue weighted by atomic mass is 19.1. The fraction of sp³-hybridized carbons (Fsp3) is 0.512. The first-order chi connectivity index (χ1) is 51.9. The lowest BCUT2D eigenvalue weighted by atomic mass is 9.44. The predicted molar refractivity (Wildman–Crippen MR) is 398 cm³/mol. The molecular formula is C82H101F2N7O17. The number of halogens is 2. The van der Waals surface area contributed by atoms with E-state index >= 15 is 8.78 Å². The molecule has 12 atom stereocenters. The van der Waals surface area contributed by atoms with Gasteiger partial charge in [0.25, 0.3) is 0 Å². The van der Waals surface area contributed by atoms with Crippen molar-refractivity contribution in [3.05, 3.63) is 155 Å². The molecule has 1 saturated heterocycles. The summed E-state index contributed by atoms with van der Waals surface area (Å²) >= 11 is 0. The number of benzene rings is 4. The molecule has 0 spiro atoms. The van der Waals surface area contributed by atoms with Crippen molar-refractivity contribution >= 4 is 64.4 Å². The van der Waals surface area contributed by atoms with E-state index in [4.69, 9.17) is 43.6 Å². The third-order valence-electron chi connectivity index (χ3n) is 21.6. The molecule has 8 N–H and O–H groups in total. The fourth-order valence-corrected chi connectivity index (χ4v) is 16.0. The van der Waals surface area contributed by atoms with Crippen molar-refractivity contribution in [3.8, 4) is 17.6 Å². The molecule has 6 aliphatic rings. The van der Waals surface area contributed by atoms with Crippen molar-refractivity contribution in [1.29, 1.82) is 0 Å². The van der Waals surface area contributed by atoms with Crippen molar-refractivity contribution in [3.63, 3.8) is 0 Å². The Bertz CT molecular complexity index is 4010. The van der Waals surface area contributed by atoms with Gasteiger partial charge in [0.2, 0.25) is 29.4 Å². The minimum atomic E-state index is -2.24. The number of carbonyl (C=O) groups excluding carboxylic acids is 8. The highest BCUT2D eigenvalue weighted by Gasteiger charge is 2.80. The SMILES string of the molecule is C=C1C=C[C@@]2(C)C(=C1)[C@@H](F)C[C@H]1[C@@H]3C[C@H]4OC(CCC)OC4(C(=O)COc4ccc(NC(=O)OCc5ccc(NC(=O)[C@H](CCCNC(N)=O)CC(=O)[C@@H](NC(=O)CCOCCOCCOCCOCCNC(=O)CCC(=O)N6Cc7ccccc7C#Cc7ccccc76)C(C)C)cc5)cc4)[C@@]3(C)C[C@H](O)[C@@]12F. The number of nitrogens with one attached hydrogen (secondary N) is 5. The molecule has 0 aromatic heterocycles. The van der Waals surface area contributed by atoms with Gasteiger partial charge in [-0.05, 0) is 134 Å². The van der Waals surface area contributed by atoms with Gasteiger partial charge >= 0.3 is 12.1 Å². The van der Waals surface area contributed by atoms with E-state index in [0.29, 0.717) is 86.2 Å². The van der Waals surface area contributed by atoms with E-state index in [1.807, 2.05) is 62.4 Å². The summed E-state index contributed by atoms with van der Waals surface area (Å²) in [6.45, 7) is 15.1. The van der Waals surface area contributed by atoms with Crippen molar-refractivity contribution in [2.75, 3.05) is 88.1 Å². The number of allylic oxidation sites excluding steroid dienone is 5. The van der Waals surface area contributed by atoms with Gasteiger partial charge in [0.15, 0.2) is 23.3 Å². The summed E-state index contributed by atoms with van der Waals surface area (Å²) in [6, 6.07) is 26.4. The van der Waals surface area contributed by atoms with Gasteiger partial charge in [-0.3, -0.25) is 34.1 Å². The van der Waals surface area contributed by atoms with E-state index in [0.717, 1.165) is 16.7 Å². The molecule has 0 radical (unpaired) electrons. The lowest BCUT2D eigenvalue weighted by molar-refractivity contribution is -0.234. The molecule has 24 nitrogen and oxygen atoms in total. The summed E-state index contributed by atoms with van der Waals surface area (Å²) in [6.07, 6.45) is 0.983. The average Bonchev–Trinajstić information content (AvgIpc) is 1.44. The number of hydrogen-bond donors (Lipinski definition) is 7. The summed E-state index contributed by atoms with van der Waals surface area (Å²) in [5.74, 6) is 1.84. The van der Waals surface area contributed by atoms with Gasteiger partial charge in [0.1, 0.15) is 25.1 Å². The molecular weight excluding hydrogens is 1390 g/mol. The first-order valence-electron chi connectivity index (χ1n) is 37.3. The van der Waals surface area contributed by atoms with Crippen LogP contribution in [0.3, 0.4) is 0 Å². The zero-order valence-electron chi connectivity index (χ0n) is 62.1. The number of primary amides is 1. The molecule has 10 rings (SSSR count). The predicted octanol–water partition coefficient (Wildman–Crippen LogP) is 9.98. The number of aliphatic hydroxyl groups excluding tert-OH is 1. The van der Waals surface area contributed by atoms with E-state index in [9.17, 15) is 43.5 Å². The van der Waals surface area contributed by atoms with Crippen LogP contribution in [0, 0.1) is 46.3 Å². The highest BCUT2D eigenvalue weighted by Crippen LogP contribution is 2.72. The number of carbonyl (C=O) groups is 8. The largest absolute Gasteiger partial charge is 0.486 e. The summed E-state index contributed by atoms with van der Waals surface area (Å²) in [7, 11) is 0. The Labute approximate surface area is 629 Å². The third kappa shape index (κ3) is 19.3. The lowest BCUT2D eigenvalue weighted by Crippen LogP contribution is -2.70. The minimum absolute atomic E-state index is 0.0276. The van der Waals surface area contributed by atoms with Gasteiger partial charge in [-0.2, -0.15) is 0 Å². The Morgan fingerprint density at radius 2 is 1.43 bits per heavy atom. The second-order valence-corrected chi connectivity index (χ2v) is 29.1. The number of aliphatic hydroxyl groups is 1. The Balaban J connectivity index is 0.593. The van der Waals surface area contributed by atoms with Crippen LogP contribution >= 0.6 is 0 Å². The summed E-state index contributed by atoms with van der Waals surface area (Å²) < 4.78 is 81.4. The van der Waals surface area contributed by atoms with Crippen LogP contribution in [0.2, 0.25) is 0 Å². The normalized spacial score (nSPS) is 24.7. The molecule has 2 aliphatic heterocycles. The average molecular weight is 1490 g/mol. The molecule has 0 bridgehead atoms. The van der Waals surface area contributed by atoms with Gasteiger partial charge in [-0.25, -0.2) is 18.4 Å². The number of fused-ring (bicyclic) bond motifs is 9. The number of nitrogens with two attached hydrogens (primary N) is 1. The number of para-hydroxylation sites is 1.